The number of aryl methyl sites for hydroxylation is 2. The van der Waals surface area contributed by atoms with E-state index in [1.54, 1.807) is 0 Å². The number of nitrogens with zero attached hydrogens (tertiary/aromatic N) is 1. The van der Waals surface area contributed by atoms with E-state index in [-0.39, 0.29) is 12.0 Å². The minimum absolute atomic E-state index is 0.199. The Morgan fingerprint density at radius 3 is 2.63 bits per heavy atom. The summed E-state index contributed by atoms with van der Waals surface area (Å²) in [6.07, 6.45) is 0. The van der Waals surface area contributed by atoms with Crippen LogP contribution in [0.4, 0.5) is 0 Å². The van der Waals surface area contributed by atoms with Crippen molar-refractivity contribution in [2.45, 2.75) is 19.9 Å². The standard InChI is InChI=1S/C15H21NO3/c1-11-4-5-12(2)13(10-11)14(15(17)18-3)16-6-8-19-9-7-16/h4-5,10,14H,6-9H2,1-3H3. The first-order valence-corrected chi connectivity index (χ1v) is 6.60. The highest BCUT2D eigenvalue weighted by atomic mass is 16.5. The van der Waals surface area contributed by atoms with Crippen LogP contribution in [0.1, 0.15) is 22.7 Å². The second-order valence-electron chi connectivity index (χ2n) is 4.93. The van der Waals surface area contributed by atoms with E-state index < -0.39 is 0 Å². The topological polar surface area (TPSA) is 38.8 Å². The number of hydrogen-bond donors (Lipinski definition) is 0. The monoisotopic (exact) mass is 263 g/mol. The minimum atomic E-state index is -0.325. The molecule has 0 aromatic heterocycles. The summed E-state index contributed by atoms with van der Waals surface area (Å²) in [7, 11) is 1.45. The number of carbonyl (C=O) groups is 1. The average molecular weight is 263 g/mol. The summed E-state index contributed by atoms with van der Waals surface area (Å²) in [5.74, 6) is -0.199. The van der Waals surface area contributed by atoms with E-state index in [1.807, 2.05) is 13.8 Å². The number of benzene rings is 1. The van der Waals surface area contributed by atoms with Crippen molar-refractivity contribution in [1.82, 2.24) is 4.90 Å². The van der Waals surface area contributed by atoms with Crippen LogP contribution in [-0.4, -0.2) is 44.3 Å². The van der Waals surface area contributed by atoms with E-state index in [2.05, 4.69) is 23.1 Å². The maximum absolute atomic E-state index is 12.2. The molecule has 0 radical (unpaired) electrons. The summed E-state index contributed by atoms with van der Waals surface area (Å²) in [5.41, 5.74) is 3.31. The fraction of sp³-hybridized carbons (Fsp3) is 0.533. The SMILES string of the molecule is COC(=O)C(c1cc(C)ccc1C)N1CCOCC1. The lowest BCUT2D eigenvalue weighted by atomic mass is 9.97. The lowest BCUT2D eigenvalue weighted by Crippen LogP contribution is -2.42. The van der Waals surface area contributed by atoms with E-state index in [9.17, 15) is 4.79 Å². The van der Waals surface area contributed by atoms with Crippen LogP contribution in [0.15, 0.2) is 18.2 Å². The molecule has 1 heterocycles. The smallest absolute Gasteiger partial charge is 0.327 e. The third-order valence-corrected chi connectivity index (χ3v) is 3.56. The fourth-order valence-electron chi connectivity index (χ4n) is 2.47. The quantitative estimate of drug-likeness (QED) is 0.780. The van der Waals surface area contributed by atoms with Gasteiger partial charge in [0.25, 0.3) is 0 Å². The van der Waals surface area contributed by atoms with Crippen LogP contribution in [0, 0.1) is 13.8 Å². The Bertz CT molecular complexity index is 453. The third kappa shape index (κ3) is 3.14. The van der Waals surface area contributed by atoms with Crippen LogP contribution in [-0.2, 0) is 14.3 Å². The van der Waals surface area contributed by atoms with Crippen molar-refractivity contribution in [3.63, 3.8) is 0 Å². The maximum Gasteiger partial charge on any atom is 0.327 e. The molecule has 1 aromatic rings. The molecule has 2 rings (SSSR count). The number of rotatable bonds is 3. The van der Waals surface area contributed by atoms with Crippen LogP contribution < -0.4 is 0 Å². The molecule has 1 unspecified atom stereocenters. The van der Waals surface area contributed by atoms with E-state index in [0.29, 0.717) is 13.2 Å². The Morgan fingerprint density at radius 1 is 1.32 bits per heavy atom. The Hall–Kier alpha value is -1.39. The Labute approximate surface area is 114 Å². The van der Waals surface area contributed by atoms with Gasteiger partial charge in [0.2, 0.25) is 0 Å². The minimum Gasteiger partial charge on any atom is -0.468 e. The molecule has 1 atom stereocenters. The largest absolute Gasteiger partial charge is 0.468 e. The van der Waals surface area contributed by atoms with Crippen LogP contribution in [0.3, 0.4) is 0 Å². The molecule has 0 spiro atoms. The first-order valence-electron chi connectivity index (χ1n) is 6.60. The van der Waals surface area contributed by atoms with Gasteiger partial charge in [0.05, 0.1) is 20.3 Å². The lowest BCUT2D eigenvalue weighted by molar-refractivity contribution is -0.149. The lowest BCUT2D eigenvalue weighted by Gasteiger charge is -2.33. The van der Waals surface area contributed by atoms with Gasteiger partial charge in [-0.3, -0.25) is 4.90 Å². The summed E-state index contributed by atoms with van der Waals surface area (Å²) >= 11 is 0. The Balaban J connectivity index is 2.36. The van der Waals surface area contributed by atoms with E-state index >= 15 is 0 Å². The second-order valence-corrected chi connectivity index (χ2v) is 4.93. The van der Waals surface area contributed by atoms with Crippen LogP contribution in [0.25, 0.3) is 0 Å². The van der Waals surface area contributed by atoms with Crippen molar-refractivity contribution in [2.24, 2.45) is 0 Å². The number of ether oxygens (including phenoxy) is 2. The molecule has 104 valence electrons. The summed E-state index contributed by atoms with van der Waals surface area (Å²) in [5, 5.41) is 0. The maximum atomic E-state index is 12.2. The average Bonchev–Trinajstić information content (AvgIpc) is 2.44. The first kappa shape index (κ1) is 14.0. The number of methoxy groups -OCH3 is 1. The van der Waals surface area contributed by atoms with Gasteiger partial charge in [-0.2, -0.15) is 0 Å². The molecule has 4 heteroatoms. The number of carbonyl (C=O) groups excluding carboxylic acids is 1. The van der Waals surface area contributed by atoms with Gasteiger partial charge in [0, 0.05) is 13.1 Å². The van der Waals surface area contributed by atoms with Crippen LogP contribution in [0.2, 0.25) is 0 Å². The third-order valence-electron chi connectivity index (χ3n) is 3.56. The van der Waals surface area contributed by atoms with Gasteiger partial charge in [-0.25, -0.2) is 4.79 Å². The molecule has 1 aromatic carbocycles. The molecule has 1 fully saturated rings. The molecule has 0 N–H and O–H groups in total. The predicted octanol–water partition coefficient (Wildman–Crippen LogP) is 1.85. The highest BCUT2D eigenvalue weighted by molar-refractivity contribution is 5.78. The van der Waals surface area contributed by atoms with Gasteiger partial charge in [-0.05, 0) is 25.0 Å². The fourth-order valence-corrected chi connectivity index (χ4v) is 2.47. The highest BCUT2D eigenvalue weighted by Crippen LogP contribution is 2.27. The summed E-state index contributed by atoms with van der Waals surface area (Å²) < 4.78 is 10.4. The number of morpholine rings is 1. The zero-order valence-electron chi connectivity index (χ0n) is 11.8. The zero-order chi connectivity index (χ0) is 13.8. The predicted molar refractivity (Wildman–Crippen MR) is 73.1 cm³/mol. The van der Waals surface area contributed by atoms with Crippen molar-refractivity contribution in [1.29, 1.82) is 0 Å². The van der Waals surface area contributed by atoms with Gasteiger partial charge in [-0.15, -0.1) is 0 Å². The van der Waals surface area contributed by atoms with Crippen molar-refractivity contribution in [3.8, 4) is 0 Å². The zero-order valence-corrected chi connectivity index (χ0v) is 11.8. The molecule has 0 saturated carbocycles. The van der Waals surface area contributed by atoms with Crippen molar-refractivity contribution in [3.05, 3.63) is 34.9 Å². The van der Waals surface area contributed by atoms with E-state index in [0.717, 1.165) is 29.8 Å². The number of esters is 1. The van der Waals surface area contributed by atoms with Gasteiger partial charge >= 0.3 is 5.97 Å². The molecule has 1 aliphatic rings. The van der Waals surface area contributed by atoms with Gasteiger partial charge in [0.15, 0.2) is 0 Å². The summed E-state index contributed by atoms with van der Waals surface area (Å²) in [6.45, 7) is 6.92. The normalized spacial score (nSPS) is 18.1. The second kappa shape index (κ2) is 6.17. The highest BCUT2D eigenvalue weighted by Gasteiger charge is 2.30. The Morgan fingerprint density at radius 2 is 2.00 bits per heavy atom. The van der Waals surface area contributed by atoms with Crippen LogP contribution in [0.5, 0.6) is 0 Å². The summed E-state index contributed by atoms with van der Waals surface area (Å²) in [6, 6.07) is 5.87. The van der Waals surface area contributed by atoms with Gasteiger partial charge < -0.3 is 9.47 Å². The van der Waals surface area contributed by atoms with E-state index in [4.69, 9.17) is 9.47 Å². The van der Waals surface area contributed by atoms with Crippen molar-refractivity contribution < 1.29 is 14.3 Å². The molecular formula is C15H21NO3. The molecule has 0 aliphatic carbocycles. The molecule has 0 bridgehead atoms. The summed E-state index contributed by atoms with van der Waals surface area (Å²) in [4.78, 5) is 14.3. The molecule has 19 heavy (non-hydrogen) atoms. The molecular weight excluding hydrogens is 242 g/mol. The first-order chi connectivity index (χ1) is 9.13. The van der Waals surface area contributed by atoms with Crippen LogP contribution >= 0.6 is 0 Å². The molecule has 1 saturated heterocycles. The number of hydrogen-bond acceptors (Lipinski definition) is 4. The van der Waals surface area contributed by atoms with Crippen molar-refractivity contribution in [2.75, 3.05) is 33.4 Å². The van der Waals surface area contributed by atoms with Gasteiger partial charge in [-0.1, -0.05) is 23.8 Å². The molecule has 1 aliphatic heterocycles. The van der Waals surface area contributed by atoms with E-state index in [1.165, 1.54) is 7.11 Å². The van der Waals surface area contributed by atoms with Gasteiger partial charge in [0.1, 0.15) is 6.04 Å². The molecule has 4 nitrogen and oxygen atoms in total. The Kier molecular flexibility index (Phi) is 4.56. The molecule has 0 amide bonds. The van der Waals surface area contributed by atoms with Crippen molar-refractivity contribution >= 4 is 5.97 Å².